The van der Waals surface area contributed by atoms with Gasteiger partial charge in [0.1, 0.15) is 0 Å². The Morgan fingerprint density at radius 3 is 1.17 bits per heavy atom. The van der Waals surface area contributed by atoms with Gasteiger partial charge in [-0.05, 0) is 38.5 Å². The van der Waals surface area contributed by atoms with Crippen LogP contribution in [-0.4, -0.2) is 30.7 Å². The lowest BCUT2D eigenvalue weighted by Gasteiger charge is -2.44. The second-order valence-electron chi connectivity index (χ2n) is 4.36. The fourth-order valence-electron chi connectivity index (χ4n) is 2.81. The number of piperidine rings is 2. The summed E-state index contributed by atoms with van der Waals surface area (Å²) in [5.41, 5.74) is 0. The molecule has 0 atom stereocenters. The van der Waals surface area contributed by atoms with Crippen LogP contribution in [-0.2, 0) is 0 Å². The minimum Gasteiger partial charge on any atom is -1.00 e. The van der Waals surface area contributed by atoms with E-state index in [1.165, 1.54) is 69.2 Å². The summed E-state index contributed by atoms with van der Waals surface area (Å²) in [6.07, 6.45) is 9.00. The van der Waals surface area contributed by atoms with Crippen LogP contribution >= 0.6 is 0 Å². The summed E-state index contributed by atoms with van der Waals surface area (Å²) >= 11 is 0. The highest BCUT2D eigenvalue weighted by Gasteiger charge is 2.30. The Bertz CT molecular complexity index is 104. The second-order valence-corrected chi connectivity index (χ2v) is 4.36. The van der Waals surface area contributed by atoms with Crippen LogP contribution in [0.25, 0.3) is 0 Å². The average Bonchev–Trinajstić information content (AvgIpc) is 2.07. The lowest BCUT2D eigenvalue weighted by molar-refractivity contribution is -0.936. The van der Waals surface area contributed by atoms with E-state index in [0.717, 1.165) is 0 Å². The Kier molecular flexibility index (Phi) is 4.30. The highest BCUT2D eigenvalue weighted by atomic mass is 127. The first kappa shape index (κ1) is 10.8. The summed E-state index contributed by atoms with van der Waals surface area (Å²) in [5.74, 6) is 0. The van der Waals surface area contributed by atoms with E-state index in [1.807, 2.05) is 0 Å². The van der Waals surface area contributed by atoms with Gasteiger partial charge < -0.3 is 28.5 Å². The van der Waals surface area contributed by atoms with E-state index in [-0.39, 0.29) is 24.0 Å². The molecule has 2 heterocycles. The molecule has 2 saturated heterocycles. The molecule has 0 radical (unpaired) electrons. The first-order chi connectivity index (χ1) is 5.41. The monoisotopic (exact) mass is 281 g/mol. The zero-order chi connectivity index (χ0) is 7.57. The molecule has 2 fully saturated rings. The fraction of sp³-hybridized carbons (Fsp3) is 1.00. The molecule has 2 rings (SSSR count). The van der Waals surface area contributed by atoms with Crippen LogP contribution in [0, 0.1) is 0 Å². The molecular weight excluding hydrogens is 261 g/mol. The molecule has 0 aliphatic carbocycles. The molecule has 0 aromatic carbocycles. The highest BCUT2D eigenvalue weighted by molar-refractivity contribution is 4.59. The van der Waals surface area contributed by atoms with Crippen molar-refractivity contribution in [1.29, 1.82) is 0 Å². The predicted molar refractivity (Wildman–Crippen MR) is 47.4 cm³/mol. The van der Waals surface area contributed by atoms with Crippen molar-refractivity contribution in [2.75, 3.05) is 26.2 Å². The average molecular weight is 281 g/mol. The smallest absolute Gasteiger partial charge is 0.0786 e. The summed E-state index contributed by atoms with van der Waals surface area (Å²) in [4.78, 5) is 0. The first-order valence-electron chi connectivity index (χ1n) is 5.26. The highest BCUT2D eigenvalue weighted by Crippen LogP contribution is 2.24. The van der Waals surface area contributed by atoms with Crippen molar-refractivity contribution in [2.45, 2.75) is 38.5 Å². The summed E-state index contributed by atoms with van der Waals surface area (Å²) in [6, 6.07) is 0. The molecule has 0 amide bonds. The summed E-state index contributed by atoms with van der Waals surface area (Å²) in [5, 5.41) is 0. The molecule has 0 unspecified atom stereocenters. The van der Waals surface area contributed by atoms with Crippen molar-refractivity contribution >= 4 is 0 Å². The van der Waals surface area contributed by atoms with Crippen LogP contribution in [0.1, 0.15) is 38.5 Å². The van der Waals surface area contributed by atoms with E-state index in [9.17, 15) is 0 Å². The van der Waals surface area contributed by atoms with Crippen LogP contribution in [0.5, 0.6) is 0 Å². The lowest BCUT2D eigenvalue weighted by atomic mass is 10.0. The number of nitrogens with zero attached hydrogens (tertiary/aromatic N) is 1. The first-order valence-corrected chi connectivity index (χ1v) is 5.26. The van der Waals surface area contributed by atoms with Gasteiger partial charge >= 0.3 is 0 Å². The molecular formula is C10H20IN. The van der Waals surface area contributed by atoms with Crippen molar-refractivity contribution in [2.24, 2.45) is 0 Å². The Labute approximate surface area is 93.1 Å². The van der Waals surface area contributed by atoms with E-state index >= 15 is 0 Å². The second kappa shape index (κ2) is 4.80. The Hall–Kier alpha value is 0.690. The van der Waals surface area contributed by atoms with Crippen molar-refractivity contribution in [3.63, 3.8) is 0 Å². The third kappa shape index (κ3) is 2.34. The normalized spacial score (nSPS) is 28.0. The van der Waals surface area contributed by atoms with Crippen LogP contribution in [0.3, 0.4) is 0 Å². The molecule has 2 aliphatic rings. The standard InChI is InChI=1S/C10H20N.HI/c1-3-7-11(8-4-1)9-5-2-6-10-11;/h1-10H2;1H/q+1;/p-1. The molecule has 0 aromatic heterocycles. The maximum Gasteiger partial charge on any atom is 0.0786 e. The molecule has 0 N–H and O–H groups in total. The van der Waals surface area contributed by atoms with Gasteiger partial charge in [0, 0.05) is 0 Å². The van der Waals surface area contributed by atoms with Crippen molar-refractivity contribution < 1.29 is 28.5 Å². The molecule has 2 aliphatic heterocycles. The van der Waals surface area contributed by atoms with Crippen LogP contribution in [0.15, 0.2) is 0 Å². The van der Waals surface area contributed by atoms with Gasteiger partial charge in [0.05, 0.1) is 26.2 Å². The maximum absolute atomic E-state index is 1.50. The third-order valence-corrected chi connectivity index (χ3v) is 3.53. The molecule has 1 spiro atoms. The molecule has 0 saturated carbocycles. The maximum atomic E-state index is 1.50. The van der Waals surface area contributed by atoms with Crippen molar-refractivity contribution in [3.05, 3.63) is 0 Å². The Morgan fingerprint density at radius 2 is 0.833 bits per heavy atom. The summed E-state index contributed by atoms with van der Waals surface area (Å²) in [6.45, 7) is 6.00. The minimum absolute atomic E-state index is 0. The molecule has 0 bridgehead atoms. The van der Waals surface area contributed by atoms with Crippen LogP contribution in [0.4, 0.5) is 0 Å². The van der Waals surface area contributed by atoms with Gasteiger partial charge in [0.15, 0.2) is 0 Å². The van der Waals surface area contributed by atoms with E-state index in [4.69, 9.17) is 0 Å². The van der Waals surface area contributed by atoms with Crippen molar-refractivity contribution in [1.82, 2.24) is 0 Å². The molecule has 1 nitrogen and oxygen atoms in total. The quantitative estimate of drug-likeness (QED) is 0.402. The van der Waals surface area contributed by atoms with Gasteiger partial charge in [-0.3, -0.25) is 0 Å². The molecule has 72 valence electrons. The van der Waals surface area contributed by atoms with Crippen LogP contribution in [0.2, 0.25) is 0 Å². The molecule has 12 heavy (non-hydrogen) atoms. The molecule has 2 heteroatoms. The topological polar surface area (TPSA) is 0 Å². The number of halogens is 1. The van der Waals surface area contributed by atoms with E-state index in [1.54, 1.807) is 0 Å². The van der Waals surface area contributed by atoms with Gasteiger partial charge in [-0.1, -0.05) is 0 Å². The fourth-order valence-corrected chi connectivity index (χ4v) is 2.81. The minimum atomic E-state index is 0. The van der Waals surface area contributed by atoms with Gasteiger partial charge in [0.2, 0.25) is 0 Å². The summed E-state index contributed by atoms with van der Waals surface area (Å²) in [7, 11) is 0. The Morgan fingerprint density at radius 1 is 0.500 bits per heavy atom. The predicted octanol–water partition coefficient (Wildman–Crippen LogP) is -0.825. The van der Waals surface area contributed by atoms with Gasteiger partial charge in [-0.15, -0.1) is 0 Å². The Balaban J connectivity index is 0.000000720. The number of quaternary nitrogens is 1. The lowest BCUT2D eigenvalue weighted by Crippen LogP contribution is -3.00. The SMILES string of the molecule is C1CC[N+]2(CC1)CCCCC2.[I-]. The third-order valence-electron chi connectivity index (χ3n) is 3.53. The largest absolute Gasteiger partial charge is 1.00 e. The zero-order valence-corrected chi connectivity index (χ0v) is 10.1. The number of hydrogen-bond acceptors (Lipinski definition) is 0. The van der Waals surface area contributed by atoms with Crippen molar-refractivity contribution in [3.8, 4) is 0 Å². The van der Waals surface area contributed by atoms with Gasteiger partial charge in [0.25, 0.3) is 0 Å². The van der Waals surface area contributed by atoms with Gasteiger partial charge in [-0.2, -0.15) is 0 Å². The van der Waals surface area contributed by atoms with Gasteiger partial charge in [-0.25, -0.2) is 0 Å². The number of hydrogen-bond donors (Lipinski definition) is 0. The van der Waals surface area contributed by atoms with E-state index in [2.05, 4.69) is 0 Å². The van der Waals surface area contributed by atoms with E-state index < -0.39 is 0 Å². The zero-order valence-electron chi connectivity index (χ0n) is 7.90. The van der Waals surface area contributed by atoms with Crippen LogP contribution < -0.4 is 24.0 Å². The number of rotatable bonds is 0. The molecule has 0 aromatic rings. The summed E-state index contributed by atoms with van der Waals surface area (Å²) < 4.78 is 1.50. The van der Waals surface area contributed by atoms with E-state index in [0.29, 0.717) is 0 Å².